The normalized spacial score (nSPS) is 9.41. The smallest absolute Gasteiger partial charge is 0.315 e. The lowest BCUT2D eigenvalue weighted by Gasteiger charge is -1.97. The number of nitrogens with zero attached hydrogens (tertiary/aromatic N) is 2. The molecule has 0 spiro atoms. The Morgan fingerprint density at radius 3 is 2.82 bits per heavy atom. The Kier molecular flexibility index (Phi) is 3.22. The first-order valence-electron chi connectivity index (χ1n) is 5.06. The van der Waals surface area contributed by atoms with E-state index in [0.29, 0.717) is 5.56 Å². The highest BCUT2D eigenvalue weighted by Gasteiger charge is 1.97. The molecule has 0 aliphatic heterocycles. The number of aliphatic carboxylic acids is 1. The standard InChI is InChI=1S/C13H10N2O2/c16-13(17)8-4-5-11-9-14-15(10-11)12-6-2-1-3-7-12/h1-3,6-7,9-10H,8H2,(H,16,17). The maximum Gasteiger partial charge on any atom is 0.315 e. The van der Waals surface area contributed by atoms with Crippen molar-refractivity contribution in [2.24, 2.45) is 0 Å². The second kappa shape index (κ2) is 4.99. The van der Waals surface area contributed by atoms with Gasteiger partial charge in [-0.25, -0.2) is 4.68 Å². The predicted molar refractivity (Wildman–Crippen MR) is 62.7 cm³/mol. The summed E-state index contributed by atoms with van der Waals surface area (Å²) >= 11 is 0. The number of para-hydroxylation sites is 1. The molecule has 0 aliphatic rings. The minimum atomic E-state index is -0.923. The highest BCUT2D eigenvalue weighted by molar-refractivity contribution is 5.70. The molecule has 17 heavy (non-hydrogen) atoms. The summed E-state index contributed by atoms with van der Waals surface area (Å²) in [5.74, 6) is 4.39. The molecular formula is C13H10N2O2. The third-order valence-corrected chi connectivity index (χ3v) is 2.08. The Hall–Kier alpha value is -2.54. The fourth-order valence-corrected chi connectivity index (χ4v) is 1.33. The Morgan fingerprint density at radius 1 is 1.35 bits per heavy atom. The van der Waals surface area contributed by atoms with E-state index in [1.54, 1.807) is 17.1 Å². The van der Waals surface area contributed by atoms with E-state index < -0.39 is 5.97 Å². The molecular weight excluding hydrogens is 216 g/mol. The van der Waals surface area contributed by atoms with Crippen molar-refractivity contribution >= 4 is 5.97 Å². The van der Waals surface area contributed by atoms with Crippen LogP contribution in [0.4, 0.5) is 0 Å². The molecule has 1 aromatic carbocycles. The van der Waals surface area contributed by atoms with Gasteiger partial charge >= 0.3 is 5.97 Å². The summed E-state index contributed by atoms with van der Waals surface area (Å²) < 4.78 is 1.70. The molecule has 0 saturated heterocycles. The molecule has 4 nitrogen and oxygen atoms in total. The number of hydrogen-bond acceptors (Lipinski definition) is 2. The summed E-state index contributed by atoms with van der Waals surface area (Å²) in [6.45, 7) is 0. The molecule has 1 aromatic heterocycles. The molecule has 0 aliphatic carbocycles. The van der Waals surface area contributed by atoms with E-state index in [9.17, 15) is 4.79 Å². The van der Waals surface area contributed by atoms with Crippen molar-refractivity contribution < 1.29 is 9.90 Å². The molecule has 0 unspecified atom stereocenters. The van der Waals surface area contributed by atoms with E-state index in [-0.39, 0.29) is 6.42 Å². The average molecular weight is 226 g/mol. The summed E-state index contributed by atoms with van der Waals surface area (Å²) in [5.41, 5.74) is 1.65. The van der Waals surface area contributed by atoms with Gasteiger partial charge in [-0.1, -0.05) is 30.0 Å². The molecule has 0 amide bonds. The molecule has 0 saturated carbocycles. The zero-order valence-electron chi connectivity index (χ0n) is 9.00. The predicted octanol–water partition coefficient (Wildman–Crippen LogP) is 1.70. The van der Waals surface area contributed by atoms with Crippen molar-refractivity contribution in [3.05, 3.63) is 48.3 Å². The monoisotopic (exact) mass is 226 g/mol. The second-order valence-corrected chi connectivity index (χ2v) is 3.38. The lowest BCUT2D eigenvalue weighted by atomic mass is 10.3. The molecule has 2 rings (SSSR count). The molecule has 4 heteroatoms. The SMILES string of the molecule is O=C(O)CC#Cc1cnn(-c2ccccc2)c1. The van der Waals surface area contributed by atoms with Crippen LogP contribution in [-0.2, 0) is 4.79 Å². The van der Waals surface area contributed by atoms with E-state index in [1.165, 1.54) is 0 Å². The zero-order valence-corrected chi connectivity index (χ0v) is 9.00. The van der Waals surface area contributed by atoms with Crippen molar-refractivity contribution in [1.82, 2.24) is 9.78 Å². The van der Waals surface area contributed by atoms with Crippen LogP contribution in [0.1, 0.15) is 12.0 Å². The quantitative estimate of drug-likeness (QED) is 0.793. The minimum Gasteiger partial charge on any atom is -0.481 e. The van der Waals surface area contributed by atoms with Crippen LogP contribution in [0.2, 0.25) is 0 Å². The van der Waals surface area contributed by atoms with Crippen molar-refractivity contribution in [2.75, 3.05) is 0 Å². The maximum absolute atomic E-state index is 10.3. The van der Waals surface area contributed by atoms with Crippen LogP contribution in [0.15, 0.2) is 42.7 Å². The van der Waals surface area contributed by atoms with E-state index in [0.717, 1.165) is 5.69 Å². The lowest BCUT2D eigenvalue weighted by Crippen LogP contribution is -1.92. The van der Waals surface area contributed by atoms with E-state index in [4.69, 9.17) is 5.11 Å². The van der Waals surface area contributed by atoms with Crippen LogP contribution in [-0.4, -0.2) is 20.9 Å². The van der Waals surface area contributed by atoms with Crippen LogP contribution in [0.5, 0.6) is 0 Å². The first-order valence-corrected chi connectivity index (χ1v) is 5.06. The van der Waals surface area contributed by atoms with Gasteiger partial charge in [0.05, 0.1) is 17.4 Å². The fourth-order valence-electron chi connectivity index (χ4n) is 1.33. The zero-order chi connectivity index (χ0) is 12.1. The molecule has 0 radical (unpaired) electrons. The van der Waals surface area contributed by atoms with Crippen LogP contribution in [0.3, 0.4) is 0 Å². The molecule has 84 valence electrons. The third-order valence-electron chi connectivity index (χ3n) is 2.08. The first kappa shape index (κ1) is 11.0. The van der Waals surface area contributed by atoms with E-state index in [2.05, 4.69) is 16.9 Å². The molecule has 2 aromatic rings. The Morgan fingerprint density at radius 2 is 2.12 bits per heavy atom. The van der Waals surface area contributed by atoms with Gasteiger partial charge in [-0.2, -0.15) is 5.10 Å². The summed E-state index contributed by atoms with van der Waals surface area (Å²) in [5, 5.41) is 12.6. The molecule has 0 fully saturated rings. The first-order chi connectivity index (χ1) is 8.25. The maximum atomic E-state index is 10.3. The van der Waals surface area contributed by atoms with Gasteiger partial charge in [0.1, 0.15) is 6.42 Å². The van der Waals surface area contributed by atoms with Gasteiger partial charge in [-0.15, -0.1) is 0 Å². The Labute approximate surface area is 98.5 Å². The molecule has 1 heterocycles. The van der Waals surface area contributed by atoms with Crippen molar-refractivity contribution in [3.8, 4) is 17.5 Å². The topological polar surface area (TPSA) is 55.1 Å². The number of aromatic nitrogens is 2. The number of carboxylic acid groups (broad SMARTS) is 1. The Balaban J connectivity index is 2.16. The number of benzene rings is 1. The highest BCUT2D eigenvalue weighted by Crippen LogP contribution is 2.06. The van der Waals surface area contributed by atoms with Crippen molar-refractivity contribution in [1.29, 1.82) is 0 Å². The van der Waals surface area contributed by atoms with Crippen LogP contribution in [0, 0.1) is 11.8 Å². The molecule has 0 bridgehead atoms. The highest BCUT2D eigenvalue weighted by atomic mass is 16.4. The van der Waals surface area contributed by atoms with Crippen LogP contribution in [0.25, 0.3) is 5.69 Å². The lowest BCUT2D eigenvalue weighted by molar-refractivity contribution is -0.135. The largest absolute Gasteiger partial charge is 0.481 e. The summed E-state index contributed by atoms with van der Waals surface area (Å²) in [6, 6.07) is 9.64. The summed E-state index contributed by atoms with van der Waals surface area (Å²) in [7, 11) is 0. The third kappa shape index (κ3) is 2.95. The van der Waals surface area contributed by atoms with Crippen LogP contribution < -0.4 is 0 Å². The number of rotatable bonds is 2. The van der Waals surface area contributed by atoms with Gasteiger partial charge in [0, 0.05) is 6.20 Å². The average Bonchev–Trinajstić information content (AvgIpc) is 2.78. The van der Waals surface area contributed by atoms with Gasteiger partial charge in [-0.05, 0) is 12.1 Å². The van der Waals surface area contributed by atoms with Gasteiger partial charge in [0.25, 0.3) is 0 Å². The van der Waals surface area contributed by atoms with E-state index in [1.807, 2.05) is 30.3 Å². The van der Waals surface area contributed by atoms with Gasteiger partial charge in [0.2, 0.25) is 0 Å². The number of hydrogen-bond donors (Lipinski definition) is 1. The Bertz CT molecular complexity index is 576. The number of carboxylic acids is 1. The van der Waals surface area contributed by atoms with Gasteiger partial charge in [-0.3, -0.25) is 4.79 Å². The van der Waals surface area contributed by atoms with Crippen molar-refractivity contribution in [2.45, 2.75) is 6.42 Å². The van der Waals surface area contributed by atoms with Crippen molar-refractivity contribution in [3.63, 3.8) is 0 Å². The van der Waals surface area contributed by atoms with Gasteiger partial charge in [0.15, 0.2) is 0 Å². The molecule has 1 N–H and O–H groups in total. The van der Waals surface area contributed by atoms with Crippen LogP contribution >= 0.6 is 0 Å². The molecule has 0 atom stereocenters. The van der Waals surface area contributed by atoms with Gasteiger partial charge < -0.3 is 5.11 Å². The minimum absolute atomic E-state index is 0.156. The fraction of sp³-hybridized carbons (Fsp3) is 0.0769. The number of carbonyl (C=O) groups is 1. The summed E-state index contributed by atoms with van der Waals surface area (Å²) in [6.07, 6.45) is 3.22. The summed E-state index contributed by atoms with van der Waals surface area (Å²) in [4.78, 5) is 10.3. The van der Waals surface area contributed by atoms with E-state index >= 15 is 0 Å². The second-order valence-electron chi connectivity index (χ2n) is 3.38.